The van der Waals surface area contributed by atoms with E-state index in [2.05, 4.69) is 10.9 Å². The Morgan fingerprint density at radius 3 is 2.46 bits per heavy atom. The third-order valence-corrected chi connectivity index (χ3v) is 3.79. The fraction of sp³-hybridized carbons (Fsp3) is 0.222. The molecule has 0 bridgehead atoms. The molecule has 0 radical (unpaired) electrons. The molecule has 0 aliphatic heterocycles. The third kappa shape index (κ3) is 6.13. The summed E-state index contributed by atoms with van der Waals surface area (Å²) in [6, 6.07) is 13.6. The maximum absolute atomic E-state index is 12.1. The molecular formula is C18H18Cl2N2O4. The SMILES string of the molecule is CCC(Oc1ccccc1)C(=O)NNC(=O)COc1ccc(Cl)cc1Cl. The average Bonchev–Trinajstić information content (AvgIpc) is 2.64. The Morgan fingerprint density at radius 2 is 1.81 bits per heavy atom. The molecule has 2 amide bonds. The quantitative estimate of drug-likeness (QED) is 0.703. The van der Waals surface area contributed by atoms with Crippen LogP contribution >= 0.6 is 23.2 Å². The highest BCUT2D eigenvalue weighted by atomic mass is 35.5. The summed E-state index contributed by atoms with van der Waals surface area (Å²) in [5, 5.41) is 0.750. The van der Waals surface area contributed by atoms with Crippen molar-refractivity contribution < 1.29 is 19.1 Å². The van der Waals surface area contributed by atoms with E-state index in [0.717, 1.165) is 0 Å². The van der Waals surface area contributed by atoms with Crippen LogP contribution in [-0.4, -0.2) is 24.5 Å². The molecule has 2 aromatic rings. The normalized spacial score (nSPS) is 11.3. The van der Waals surface area contributed by atoms with Gasteiger partial charge in [0.05, 0.1) is 5.02 Å². The van der Waals surface area contributed by atoms with E-state index in [-0.39, 0.29) is 11.6 Å². The van der Waals surface area contributed by atoms with Gasteiger partial charge in [0.15, 0.2) is 12.7 Å². The number of hydrazine groups is 1. The summed E-state index contributed by atoms with van der Waals surface area (Å²) in [5.41, 5.74) is 4.59. The van der Waals surface area contributed by atoms with Crippen LogP contribution < -0.4 is 20.3 Å². The number of amides is 2. The lowest BCUT2D eigenvalue weighted by Gasteiger charge is -2.17. The lowest BCUT2D eigenvalue weighted by molar-refractivity contribution is -0.134. The molecule has 2 rings (SSSR count). The van der Waals surface area contributed by atoms with E-state index < -0.39 is 17.9 Å². The number of ether oxygens (including phenoxy) is 2. The standard InChI is InChI=1S/C18H18Cl2N2O4/c1-2-15(26-13-6-4-3-5-7-13)18(24)22-21-17(23)11-25-16-9-8-12(19)10-14(16)20/h3-10,15H,2,11H2,1H3,(H,21,23)(H,22,24). The van der Waals surface area contributed by atoms with Gasteiger partial charge in [-0.05, 0) is 36.8 Å². The lowest BCUT2D eigenvalue weighted by atomic mass is 10.2. The number of halogens is 2. The van der Waals surface area contributed by atoms with Crippen molar-refractivity contribution in [2.24, 2.45) is 0 Å². The van der Waals surface area contributed by atoms with Crippen LogP contribution in [0.2, 0.25) is 10.0 Å². The fourth-order valence-electron chi connectivity index (χ4n) is 1.97. The monoisotopic (exact) mass is 396 g/mol. The first-order valence-electron chi connectivity index (χ1n) is 7.88. The van der Waals surface area contributed by atoms with Crippen LogP contribution in [-0.2, 0) is 9.59 Å². The minimum absolute atomic E-state index is 0.289. The first-order chi connectivity index (χ1) is 12.5. The Bertz CT molecular complexity index is 756. The summed E-state index contributed by atoms with van der Waals surface area (Å²) in [7, 11) is 0. The number of carbonyl (C=O) groups is 2. The van der Waals surface area contributed by atoms with Crippen molar-refractivity contribution in [3.8, 4) is 11.5 Å². The number of hydrogen-bond acceptors (Lipinski definition) is 4. The second kappa shape index (κ2) is 9.89. The van der Waals surface area contributed by atoms with Gasteiger partial charge in [-0.3, -0.25) is 20.4 Å². The highest BCUT2D eigenvalue weighted by Crippen LogP contribution is 2.27. The molecule has 0 aromatic heterocycles. The molecule has 0 aliphatic rings. The summed E-state index contributed by atoms with van der Waals surface area (Å²) in [5.74, 6) is -0.119. The lowest BCUT2D eigenvalue weighted by Crippen LogP contribution is -2.49. The molecule has 2 N–H and O–H groups in total. The van der Waals surface area contributed by atoms with Gasteiger partial charge in [-0.25, -0.2) is 0 Å². The largest absolute Gasteiger partial charge is 0.482 e. The van der Waals surface area contributed by atoms with Crippen LogP contribution in [0, 0.1) is 0 Å². The van der Waals surface area contributed by atoms with E-state index in [4.69, 9.17) is 32.7 Å². The van der Waals surface area contributed by atoms with Gasteiger partial charge in [0, 0.05) is 5.02 Å². The van der Waals surface area contributed by atoms with E-state index in [1.54, 1.807) is 43.3 Å². The Morgan fingerprint density at radius 1 is 1.08 bits per heavy atom. The molecule has 0 spiro atoms. The number of hydrogen-bond donors (Lipinski definition) is 2. The first kappa shape index (κ1) is 19.9. The predicted octanol–water partition coefficient (Wildman–Crippen LogP) is 3.38. The highest BCUT2D eigenvalue weighted by molar-refractivity contribution is 6.35. The number of carbonyl (C=O) groups excluding carboxylic acids is 2. The molecule has 0 saturated heterocycles. The molecule has 0 saturated carbocycles. The third-order valence-electron chi connectivity index (χ3n) is 3.26. The molecule has 1 atom stereocenters. The maximum Gasteiger partial charge on any atom is 0.279 e. The van der Waals surface area contributed by atoms with Gasteiger partial charge in [0.1, 0.15) is 11.5 Å². The predicted molar refractivity (Wildman–Crippen MR) is 99.4 cm³/mol. The first-order valence-corrected chi connectivity index (χ1v) is 8.63. The van der Waals surface area contributed by atoms with Gasteiger partial charge in [-0.15, -0.1) is 0 Å². The minimum atomic E-state index is -0.732. The Labute approximate surface area is 161 Å². The van der Waals surface area contributed by atoms with E-state index in [0.29, 0.717) is 22.9 Å². The van der Waals surface area contributed by atoms with Crippen LogP contribution in [0.25, 0.3) is 0 Å². The van der Waals surface area contributed by atoms with Gasteiger partial charge in [0.25, 0.3) is 11.8 Å². The summed E-state index contributed by atoms with van der Waals surface area (Å²) in [4.78, 5) is 23.9. The van der Waals surface area contributed by atoms with Crippen molar-refractivity contribution in [2.45, 2.75) is 19.4 Å². The van der Waals surface area contributed by atoms with Gasteiger partial charge in [0.2, 0.25) is 0 Å². The van der Waals surface area contributed by atoms with Crippen molar-refractivity contribution in [3.63, 3.8) is 0 Å². The Hall–Kier alpha value is -2.44. The minimum Gasteiger partial charge on any atom is -0.482 e. The maximum atomic E-state index is 12.1. The van der Waals surface area contributed by atoms with Crippen molar-refractivity contribution >= 4 is 35.0 Å². The summed E-state index contributed by atoms with van der Waals surface area (Å²) in [6.07, 6.45) is -0.294. The fourth-order valence-corrected chi connectivity index (χ4v) is 2.43. The van der Waals surface area contributed by atoms with Crippen molar-refractivity contribution in [3.05, 3.63) is 58.6 Å². The van der Waals surface area contributed by atoms with Gasteiger partial charge in [-0.1, -0.05) is 48.3 Å². The van der Waals surface area contributed by atoms with E-state index in [1.165, 1.54) is 6.07 Å². The second-order valence-corrected chi connectivity index (χ2v) is 6.07. The molecule has 0 aliphatic carbocycles. The van der Waals surface area contributed by atoms with Crippen LogP contribution in [0.15, 0.2) is 48.5 Å². The van der Waals surface area contributed by atoms with Crippen molar-refractivity contribution in [2.75, 3.05) is 6.61 Å². The van der Waals surface area contributed by atoms with Gasteiger partial charge >= 0.3 is 0 Å². The summed E-state index contributed by atoms with van der Waals surface area (Å²) in [6.45, 7) is 1.48. The number of benzene rings is 2. The van der Waals surface area contributed by atoms with Crippen molar-refractivity contribution in [1.82, 2.24) is 10.9 Å². The molecule has 8 heteroatoms. The molecule has 0 fully saturated rings. The zero-order valence-electron chi connectivity index (χ0n) is 14.0. The van der Waals surface area contributed by atoms with Crippen LogP contribution in [0.3, 0.4) is 0 Å². The van der Waals surface area contributed by atoms with Crippen LogP contribution in [0.4, 0.5) is 0 Å². The molecule has 0 heterocycles. The van der Waals surface area contributed by atoms with E-state index in [9.17, 15) is 9.59 Å². The van der Waals surface area contributed by atoms with Crippen LogP contribution in [0.5, 0.6) is 11.5 Å². The number of rotatable bonds is 7. The molecule has 138 valence electrons. The Kier molecular flexibility index (Phi) is 7.56. The van der Waals surface area contributed by atoms with Gasteiger partial charge in [-0.2, -0.15) is 0 Å². The Balaban J connectivity index is 1.79. The summed E-state index contributed by atoms with van der Waals surface area (Å²) < 4.78 is 10.9. The zero-order valence-corrected chi connectivity index (χ0v) is 15.5. The zero-order chi connectivity index (χ0) is 18.9. The topological polar surface area (TPSA) is 76.7 Å². The average molecular weight is 397 g/mol. The highest BCUT2D eigenvalue weighted by Gasteiger charge is 2.19. The van der Waals surface area contributed by atoms with Gasteiger partial charge < -0.3 is 9.47 Å². The molecule has 26 heavy (non-hydrogen) atoms. The molecule has 1 unspecified atom stereocenters. The second-order valence-electron chi connectivity index (χ2n) is 5.23. The summed E-state index contributed by atoms with van der Waals surface area (Å²) >= 11 is 11.7. The number of nitrogens with one attached hydrogen (secondary N) is 2. The molecular weight excluding hydrogens is 379 g/mol. The smallest absolute Gasteiger partial charge is 0.279 e. The molecule has 6 nitrogen and oxygen atoms in total. The van der Waals surface area contributed by atoms with E-state index in [1.807, 2.05) is 6.07 Å². The van der Waals surface area contributed by atoms with E-state index >= 15 is 0 Å². The van der Waals surface area contributed by atoms with Crippen LogP contribution in [0.1, 0.15) is 13.3 Å². The number of para-hydroxylation sites is 1. The van der Waals surface area contributed by atoms with Crippen molar-refractivity contribution in [1.29, 1.82) is 0 Å². The molecule has 2 aromatic carbocycles.